The molecular formula is C22H19FN2O3. The van der Waals surface area contributed by atoms with E-state index < -0.39 is 5.91 Å². The molecule has 28 heavy (non-hydrogen) atoms. The third kappa shape index (κ3) is 4.54. The molecule has 3 rings (SSSR count). The van der Waals surface area contributed by atoms with Gasteiger partial charge in [-0.15, -0.1) is 0 Å². The van der Waals surface area contributed by atoms with Crippen LogP contribution in [0.5, 0.6) is 5.75 Å². The Bertz CT molecular complexity index is 987. The number of carbonyl (C=O) groups is 2. The summed E-state index contributed by atoms with van der Waals surface area (Å²) in [4.78, 5) is 25.0. The van der Waals surface area contributed by atoms with E-state index in [0.717, 1.165) is 0 Å². The SMILES string of the molecule is COc1ccc(C(=O)Nc2ccccc2C(=O)NCc2ccccc2F)cc1. The van der Waals surface area contributed by atoms with Gasteiger partial charge in [0.15, 0.2) is 0 Å². The van der Waals surface area contributed by atoms with Crippen molar-refractivity contribution in [3.8, 4) is 5.75 Å². The molecule has 0 atom stereocenters. The van der Waals surface area contributed by atoms with Crippen LogP contribution in [0.15, 0.2) is 72.8 Å². The molecule has 142 valence electrons. The second-order valence-electron chi connectivity index (χ2n) is 6.00. The first-order valence-corrected chi connectivity index (χ1v) is 8.64. The van der Waals surface area contributed by atoms with Crippen molar-refractivity contribution in [3.63, 3.8) is 0 Å². The van der Waals surface area contributed by atoms with Crippen molar-refractivity contribution in [1.29, 1.82) is 0 Å². The fourth-order valence-corrected chi connectivity index (χ4v) is 2.64. The zero-order valence-electron chi connectivity index (χ0n) is 15.2. The van der Waals surface area contributed by atoms with Gasteiger partial charge >= 0.3 is 0 Å². The van der Waals surface area contributed by atoms with Crippen molar-refractivity contribution in [3.05, 3.63) is 95.3 Å². The van der Waals surface area contributed by atoms with E-state index in [2.05, 4.69) is 10.6 Å². The van der Waals surface area contributed by atoms with E-state index in [9.17, 15) is 14.0 Å². The van der Waals surface area contributed by atoms with Gasteiger partial charge in [0, 0.05) is 17.7 Å². The molecule has 0 aliphatic carbocycles. The Morgan fingerprint density at radius 2 is 1.57 bits per heavy atom. The Balaban J connectivity index is 1.72. The Morgan fingerprint density at radius 3 is 2.29 bits per heavy atom. The second-order valence-corrected chi connectivity index (χ2v) is 6.00. The number of hydrogen-bond acceptors (Lipinski definition) is 3. The van der Waals surface area contributed by atoms with Crippen LogP contribution in [0.2, 0.25) is 0 Å². The summed E-state index contributed by atoms with van der Waals surface area (Å²) >= 11 is 0. The highest BCUT2D eigenvalue weighted by molar-refractivity contribution is 6.09. The molecule has 0 spiro atoms. The first-order chi connectivity index (χ1) is 13.6. The predicted molar refractivity (Wildman–Crippen MR) is 105 cm³/mol. The van der Waals surface area contributed by atoms with Crippen molar-refractivity contribution in [1.82, 2.24) is 5.32 Å². The van der Waals surface area contributed by atoms with Crippen molar-refractivity contribution >= 4 is 17.5 Å². The van der Waals surface area contributed by atoms with E-state index in [-0.39, 0.29) is 18.3 Å². The van der Waals surface area contributed by atoms with Gasteiger partial charge < -0.3 is 15.4 Å². The van der Waals surface area contributed by atoms with Gasteiger partial charge in [-0.25, -0.2) is 4.39 Å². The maximum absolute atomic E-state index is 13.7. The predicted octanol–water partition coefficient (Wildman–Crippen LogP) is 4.02. The molecule has 0 unspecified atom stereocenters. The number of nitrogens with one attached hydrogen (secondary N) is 2. The number of benzene rings is 3. The van der Waals surface area contributed by atoms with Gasteiger partial charge in [0.05, 0.1) is 18.4 Å². The largest absolute Gasteiger partial charge is 0.497 e. The van der Waals surface area contributed by atoms with Crippen molar-refractivity contribution < 1.29 is 18.7 Å². The molecule has 2 N–H and O–H groups in total. The highest BCUT2D eigenvalue weighted by Gasteiger charge is 2.14. The molecule has 0 saturated carbocycles. The summed E-state index contributed by atoms with van der Waals surface area (Å²) in [7, 11) is 1.55. The monoisotopic (exact) mass is 378 g/mol. The topological polar surface area (TPSA) is 67.4 Å². The highest BCUT2D eigenvalue weighted by Crippen LogP contribution is 2.18. The first-order valence-electron chi connectivity index (χ1n) is 8.64. The van der Waals surface area contributed by atoms with Crippen LogP contribution in [-0.4, -0.2) is 18.9 Å². The van der Waals surface area contributed by atoms with Gasteiger partial charge in [-0.2, -0.15) is 0 Å². The van der Waals surface area contributed by atoms with Crippen LogP contribution in [0.25, 0.3) is 0 Å². The van der Waals surface area contributed by atoms with Gasteiger partial charge in [-0.1, -0.05) is 30.3 Å². The molecule has 0 heterocycles. The summed E-state index contributed by atoms with van der Waals surface area (Å²) in [6, 6.07) is 19.5. The molecule has 6 heteroatoms. The van der Waals surface area contributed by atoms with Crippen LogP contribution in [0.1, 0.15) is 26.3 Å². The number of ether oxygens (including phenoxy) is 1. The van der Waals surface area contributed by atoms with Gasteiger partial charge in [-0.3, -0.25) is 9.59 Å². The van der Waals surface area contributed by atoms with Gasteiger partial charge in [0.25, 0.3) is 11.8 Å². The average molecular weight is 378 g/mol. The van der Waals surface area contributed by atoms with Gasteiger partial charge in [-0.05, 0) is 42.5 Å². The normalized spacial score (nSPS) is 10.2. The molecule has 2 amide bonds. The number of anilines is 1. The Kier molecular flexibility index (Phi) is 6.01. The van der Waals surface area contributed by atoms with Crippen molar-refractivity contribution in [2.24, 2.45) is 0 Å². The summed E-state index contributed by atoms with van der Waals surface area (Å²) in [6.07, 6.45) is 0. The first kappa shape index (κ1) is 19.1. The maximum atomic E-state index is 13.7. The van der Waals surface area contributed by atoms with E-state index in [0.29, 0.717) is 28.1 Å². The van der Waals surface area contributed by atoms with Gasteiger partial charge in [0.1, 0.15) is 11.6 Å². The van der Waals surface area contributed by atoms with E-state index >= 15 is 0 Å². The summed E-state index contributed by atoms with van der Waals surface area (Å²) in [6.45, 7) is 0.0479. The Morgan fingerprint density at radius 1 is 0.893 bits per heavy atom. The molecule has 3 aromatic rings. The maximum Gasteiger partial charge on any atom is 0.255 e. The van der Waals surface area contributed by atoms with Crippen LogP contribution in [0.3, 0.4) is 0 Å². The second kappa shape index (κ2) is 8.81. The molecule has 0 saturated heterocycles. The zero-order chi connectivity index (χ0) is 19.9. The number of rotatable bonds is 6. The third-order valence-electron chi connectivity index (χ3n) is 4.17. The standard InChI is InChI=1S/C22H19FN2O3/c1-28-17-12-10-15(11-13-17)21(26)25-20-9-5-3-7-18(20)22(27)24-14-16-6-2-4-8-19(16)23/h2-13H,14H2,1H3,(H,24,27)(H,25,26). The summed E-state index contributed by atoms with van der Waals surface area (Å²) < 4.78 is 18.8. The van der Waals surface area contributed by atoms with E-state index in [4.69, 9.17) is 4.74 Å². The van der Waals surface area contributed by atoms with E-state index in [1.54, 1.807) is 73.8 Å². The number of amides is 2. The smallest absolute Gasteiger partial charge is 0.255 e. The van der Waals surface area contributed by atoms with Crippen LogP contribution < -0.4 is 15.4 Å². The fourth-order valence-electron chi connectivity index (χ4n) is 2.64. The molecule has 0 aliphatic heterocycles. The lowest BCUT2D eigenvalue weighted by molar-refractivity contribution is 0.0951. The molecule has 0 radical (unpaired) electrons. The van der Waals surface area contributed by atoms with Crippen LogP contribution in [0, 0.1) is 5.82 Å². The quantitative estimate of drug-likeness (QED) is 0.681. The molecule has 0 bridgehead atoms. The molecule has 0 aliphatic rings. The molecule has 0 aromatic heterocycles. The summed E-state index contributed by atoms with van der Waals surface area (Å²) in [5.41, 5.74) is 1.48. The van der Waals surface area contributed by atoms with Crippen LogP contribution in [-0.2, 0) is 6.54 Å². The van der Waals surface area contributed by atoms with E-state index in [1.807, 2.05) is 0 Å². The summed E-state index contributed by atoms with van der Waals surface area (Å²) in [5.74, 6) is -0.501. The molecular weight excluding hydrogens is 359 g/mol. The van der Waals surface area contributed by atoms with Gasteiger partial charge in [0.2, 0.25) is 0 Å². The average Bonchev–Trinajstić information content (AvgIpc) is 2.73. The fraction of sp³-hybridized carbons (Fsp3) is 0.0909. The number of carbonyl (C=O) groups excluding carboxylic acids is 2. The Labute approximate surface area is 162 Å². The number of para-hydroxylation sites is 1. The molecule has 5 nitrogen and oxygen atoms in total. The lowest BCUT2D eigenvalue weighted by Crippen LogP contribution is -2.25. The summed E-state index contributed by atoms with van der Waals surface area (Å²) in [5, 5.41) is 5.42. The van der Waals surface area contributed by atoms with Crippen LogP contribution in [0.4, 0.5) is 10.1 Å². The van der Waals surface area contributed by atoms with Crippen LogP contribution >= 0.6 is 0 Å². The van der Waals surface area contributed by atoms with Crippen molar-refractivity contribution in [2.45, 2.75) is 6.54 Å². The minimum absolute atomic E-state index is 0.0479. The minimum Gasteiger partial charge on any atom is -0.497 e. The molecule has 3 aromatic carbocycles. The Hall–Kier alpha value is -3.67. The highest BCUT2D eigenvalue weighted by atomic mass is 19.1. The lowest BCUT2D eigenvalue weighted by atomic mass is 10.1. The molecule has 0 fully saturated rings. The number of methoxy groups -OCH3 is 1. The van der Waals surface area contributed by atoms with Crippen molar-refractivity contribution in [2.75, 3.05) is 12.4 Å². The minimum atomic E-state index is -0.408. The lowest BCUT2D eigenvalue weighted by Gasteiger charge is -2.12. The number of hydrogen-bond donors (Lipinski definition) is 2. The zero-order valence-corrected chi connectivity index (χ0v) is 15.2. The van der Waals surface area contributed by atoms with E-state index in [1.165, 1.54) is 6.07 Å². The third-order valence-corrected chi connectivity index (χ3v) is 4.17. The number of halogens is 1.